The van der Waals surface area contributed by atoms with Crippen LogP contribution in [0.1, 0.15) is 25.5 Å². The Kier molecular flexibility index (Phi) is 10.0. The average molecular weight is 413 g/mol. The first-order chi connectivity index (χ1) is 12.3. The Labute approximate surface area is 207 Å². The van der Waals surface area contributed by atoms with Gasteiger partial charge >= 0.3 is 57.4 Å². The van der Waals surface area contributed by atoms with E-state index in [0.717, 1.165) is 16.7 Å². The van der Waals surface area contributed by atoms with Crippen LogP contribution in [0.5, 0.6) is 0 Å². The number of nitrogens with zero attached hydrogens (tertiary/aromatic N) is 1. The third-order valence-corrected chi connectivity index (χ3v) is 4.47. The number of halogens is 1. The van der Waals surface area contributed by atoms with E-state index in [1.165, 1.54) is 11.8 Å². The van der Waals surface area contributed by atoms with E-state index in [4.69, 9.17) is 11.6 Å². The van der Waals surface area contributed by atoms with Gasteiger partial charge in [0.1, 0.15) is 0 Å². The van der Waals surface area contributed by atoms with Crippen LogP contribution in [-0.2, 0) is 4.79 Å². The van der Waals surface area contributed by atoms with Crippen molar-refractivity contribution in [1.29, 1.82) is 0 Å². The van der Waals surface area contributed by atoms with Crippen molar-refractivity contribution in [2.45, 2.75) is 19.9 Å². The fraction of sp³-hybridized carbons (Fsp3) is 0.300. The number of hydrogen-bond donors (Lipinski definition) is 1. The molecule has 0 radical (unpaired) electrons. The van der Waals surface area contributed by atoms with Crippen molar-refractivity contribution in [1.82, 2.24) is 10.2 Å². The quantitative estimate of drug-likeness (QED) is 0.684. The smallest absolute Gasteiger partial charge is 0.550 e. The summed E-state index contributed by atoms with van der Waals surface area (Å²) in [6.07, 6.45) is 0. The molecule has 2 rings (SSSR count). The second-order valence-electron chi connectivity index (χ2n) is 6.37. The Hall–Kier alpha value is -0.894. The zero-order valence-corrected chi connectivity index (χ0v) is 19.9. The molecule has 0 fully saturated rings. The minimum Gasteiger partial charge on any atom is -0.550 e. The number of rotatable bonds is 6. The number of hydrogen-bond acceptors (Lipinski definition) is 3. The molecule has 2 atom stereocenters. The van der Waals surface area contributed by atoms with Crippen LogP contribution in [0.25, 0.3) is 11.1 Å². The SMILES string of the molecule is CC(CN(C)C(=O)NC(C)c1ccccc1-c1ccc(Cl)cc1)C(=O)[O-].[K+]. The normalized spacial score (nSPS) is 12.4. The molecule has 0 aliphatic carbocycles. The summed E-state index contributed by atoms with van der Waals surface area (Å²) in [5.41, 5.74) is 2.97. The zero-order chi connectivity index (χ0) is 19.3. The predicted octanol–water partition coefficient (Wildman–Crippen LogP) is 0.0994. The van der Waals surface area contributed by atoms with Crippen LogP contribution in [0.4, 0.5) is 4.79 Å². The van der Waals surface area contributed by atoms with E-state index in [9.17, 15) is 14.7 Å². The van der Waals surface area contributed by atoms with Gasteiger partial charge in [0.2, 0.25) is 0 Å². The fourth-order valence-corrected chi connectivity index (χ4v) is 2.83. The molecular formula is C20H22ClKN2O3. The topological polar surface area (TPSA) is 72.5 Å². The Bertz CT molecular complexity index is 783. The zero-order valence-electron chi connectivity index (χ0n) is 16.0. The molecule has 0 aliphatic rings. The minimum absolute atomic E-state index is 0. The van der Waals surface area contributed by atoms with Gasteiger partial charge in [-0.3, -0.25) is 0 Å². The van der Waals surface area contributed by atoms with Crippen LogP contribution in [0.2, 0.25) is 5.02 Å². The van der Waals surface area contributed by atoms with Crippen molar-refractivity contribution in [2.24, 2.45) is 5.92 Å². The van der Waals surface area contributed by atoms with E-state index in [1.807, 2.05) is 55.5 Å². The Morgan fingerprint density at radius 1 is 1.11 bits per heavy atom. The summed E-state index contributed by atoms with van der Waals surface area (Å²) in [5.74, 6) is -1.91. The third kappa shape index (κ3) is 6.89. The molecule has 138 valence electrons. The molecule has 0 heterocycles. The molecule has 5 nitrogen and oxygen atoms in total. The van der Waals surface area contributed by atoms with Crippen molar-refractivity contribution in [3.8, 4) is 11.1 Å². The molecular weight excluding hydrogens is 391 g/mol. The molecule has 7 heteroatoms. The van der Waals surface area contributed by atoms with E-state index in [2.05, 4.69) is 5.32 Å². The van der Waals surface area contributed by atoms with E-state index < -0.39 is 11.9 Å². The first-order valence-electron chi connectivity index (χ1n) is 8.37. The third-order valence-electron chi connectivity index (χ3n) is 4.22. The number of aliphatic carboxylic acids is 1. The van der Waals surface area contributed by atoms with Gasteiger partial charge in [-0.15, -0.1) is 0 Å². The summed E-state index contributed by atoms with van der Waals surface area (Å²) in [7, 11) is 1.56. The summed E-state index contributed by atoms with van der Waals surface area (Å²) < 4.78 is 0. The molecule has 2 aromatic rings. The van der Waals surface area contributed by atoms with Gasteiger partial charge in [-0.1, -0.05) is 54.9 Å². The van der Waals surface area contributed by atoms with Crippen LogP contribution < -0.4 is 61.8 Å². The minimum atomic E-state index is -1.18. The van der Waals surface area contributed by atoms with Gasteiger partial charge in [-0.2, -0.15) is 0 Å². The summed E-state index contributed by atoms with van der Waals surface area (Å²) in [4.78, 5) is 24.6. The first kappa shape index (κ1) is 24.1. The van der Waals surface area contributed by atoms with Crippen molar-refractivity contribution < 1.29 is 66.1 Å². The van der Waals surface area contributed by atoms with Crippen molar-refractivity contribution >= 4 is 23.6 Å². The van der Waals surface area contributed by atoms with Gasteiger partial charge < -0.3 is 20.1 Å². The number of carbonyl (C=O) groups is 2. The molecule has 0 saturated carbocycles. The summed E-state index contributed by atoms with van der Waals surface area (Å²) in [6.45, 7) is 3.49. The Balaban J connectivity index is 0.00000364. The van der Waals surface area contributed by atoms with Crippen LogP contribution in [0.15, 0.2) is 48.5 Å². The maximum Gasteiger partial charge on any atom is 1.00 e. The van der Waals surface area contributed by atoms with Gasteiger partial charge in [0, 0.05) is 30.5 Å². The number of benzene rings is 2. The van der Waals surface area contributed by atoms with Crippen molar-refractivity contribution in [2.75, 3.05) is 13.6 Å². The summed E-state index contributed by atoms with van der Waals surface area (Å²) >= 11 is 5.96. The van der Waals surface area contributed by atoms with E-state index in [1.54, 1.807) is 7.05 Å². The van der Waals surface area contributed by atoms with E-state index in [-0.39, 0.29) is 70.0 Å². The van der Waals surface area contributed by atoms with Crippen LogP contribution in [-0.4, -0.2) is 30.5 Å². The maximum atomic E-state index is 12.4. The molecule has 2 amide bonds. The van der Waals surface area contributed by atoms with E-state index in [0.29, 0.717) is 5.02 Å². The van der Waals surface area contributed by atoms with Gasteiger partial charge in [-0.25, -0.2) is 4.79 Å². The fourth-order valence-electron chi connectivity index (χ4n) is 2.71. The van der Waals surface area contributed by atoms with Gasteiger partial charge in [-0.05, 0) is 35.7 Å². The Morgan fingerprint density at radius 2 is 1.70 bits per heavy atom. The van der Waals surface area contributed by atoms with Gasteiger partial charge in [0.05, 0.1) is 6.04 Å². The standard InChI is InChI=1S/C20H23ClN2O3.K/c1-13(19(24)25)12-23(3)20(26)22-14(2)17-6-4-5-7-18(17)15-8-10-16(21)11-9-15;/h4-11,13-14H,12H2,1-3H3,(H,22,26)(H,24,25);/q;+1/p-1. The summed E-state index contributed by atoms with van der Waals surface area (Å²) in [6, 6.07) is 14.7. The Morgan fingerprint density at radius 3 is 2.30 bits per heavy atom. The second kappa shape index (κ2) is 11.2. The molecule has 27 heavy (non-hydrogen) atoms. The summed E-state index contributed by atoms with van der Waals surface area (Å²) in [5, 5.41) is 14.4. The molecule has 0 spiro atoms. The van der Waals surface area contributed by atoms with Gasteiger partial charge in [0.15, 0.2) is 0 Å². The molecule has 0 bridgehead atoms. The molecule has 0 saturated heterocycles. The van der Waals surface area contributed by atoms with Crippen LogP contribution in [0.3, 0.4) is 0 Å². The maximum absolute atomic E-state index is 12.4. The predicted molar refractivity (Wildman–Crippen MR) is 101 cm³/mol. The van der Waals surface area contributed by atoms with Gasteiger partial charge in [0.25, 0.3) is 0 Å². The molecule has 0 aliphatic heterocycles. The number of carboxylic acids is 1. The number of urea groups is 1. The molecule has 2 aromatic carbocycles. The monoisotopic (exact) mass is 412 g/mol. The van der Waals surface area contributed by atoms with Crippen molar-refractivity contribution in [3.63, 3.8) is 0 Å². The number of carbonyl (C=O) groups excluding carboxylic acids is 2. The molecule has 1 N–H and O–H groups in total. The molecule has 0 aromatic heterocycles. The van der Waals surface area contributed by atoms with Crippen LogP contribution in [0, 0.1) is 5.92 Å². The number of carboxylic acid groups (broad SMARTS) is 1. The number of amides is 2. The first-order valence-corrected chi connectivity index (χ1v) is 8.74. The van der Waals surface area contributed by atoms with E-state index >= 15 is 0 Å². The largest absolute Gasteiger partial charge is 1.00 e. The number of nitrogens with one attached hydrogen (secondary N) is 1. The molecule has 2 unspecified atom stereocenters. The van der Waals surface area contributed by atoms with Crippen LogP contribution >= 0.6 is 11.6 Å². The average Bonchev–Trinajstić information content (AvgIpc) is 2.62. The second-order valence-corrected chi connectivity index (χ2v) is 6.80. The van der Waals surface area contributed by atoms with Crippen molar-refractivity contribution in [3.05, 3.63) is 59.1 Å².